The second kappa shape index (κ2) is 7.28. The Hall–Kier alpha value is -1.79. The lowest BCUT2D eigenvalue weighted by molar-refractivity contribution is -0.144. The molecule has 1 fully saturated rings. The van der Waals surface area contributed by atoms with Gasteiger partial charge in [0.2, 0.25) is 5.91 Å². The second-order valence-corrected chi connectivity index (χ2v) is 5.73. The minimum Gasteiger partial charge on any atom is -0.480 e. The number of likely N-dealkylation sites (N-methyl/N-ethyl adjacent to an activating group) is 1. The van der Waals surface area contributed by atoms with Gasteiger partial charge in [-0.1, -0.05) is 19.8 Å². The molecule has 0 radical (unpaired) electrons. The van der Waals surface area contributed by atoms with Gasteiger partial charge in [-0.2, -0.15) is 0 Å². The molecule has 7 heteroatoms. The first-order valence-corrected chi connectivity index (χ1v) is 7.33. The van der Waals surface area contributed by atoms with Crippen molar-refractivity contribution < 1.29 is 19.5 Å². The molecule has 1 aliphatic rings. The summed E-state index contributed by atoms with van der Waals surface area (Å²) in [6, 6.07) is -0.476. The van der Waals surface area contributed by atoms with Gasteiger partial charge in [0.1, 0.15) is 12.1 Å². The minimum absolute atomic E-state index is 0.0393. The van der Waals surface area contributed by atoms with Crippen LogP contribution in [0.1, 0.15) is 39.0 Å². The number of aliphatic carboxylic acids is 1. The third kappa shape index (κ3) is 4.34. The Morgan fingerprint density at radius 3 is 2.19 bits per heavy atom. The van der Waals surface area contributed by atoms with Crippen LogP contribution in [-0.4, -0.2) is 65.5 Å². The Labute approximate surface area is 125 Å². The number of carboxylic acids is 1. The van der Waals surface area contributed by atoms with E-state index >= 15 is 0 Å². The van der Waals surface area contributed by atoms with Crippen molar-refractivity contribution in [2.24, 2.45) is 0 Å². The maximum absolute atomic E-state index is 12.3. The first kappa shape index (κ1) is 17.3. The van der Waals surface area contributed by atoms with Crippen molar-refractivity contribution in [3.8, 4) is 0 Å². The molecule has 21 heavy (non-hydrogen) atoms. The van der Waals surface area contributed by atoms with Crippen molar-refractivity contribution in [3.05, 3.63) is 0 Å². The molecule has 0 aromatic heterocycles. The fourth-order valence-electron chi connectivity index (χ4n) is 2.48. The molecule has 0 bridgehead atoms. The predicted molar refractivity (Wildman–Crippen MR) is 77.9 cm³/mol. The van der Waals surface area contributed by atoms with E-state index in [2.05, 4.69) is 5.32 Å². The average molecular weight is 299 g/mol. The molecular formula is C14H25N3O4. The molecule has 1 rings (SSSR count). The molecule has 0 aromatic rings. The monoisotopic (exact) mass is 299 g/mol. The second-order valence-electron chi connectivity index (χ2n) is 5.73. The van der Waals surface area contributed by atoms with E-state index in [1.807, 2.05) is 6.92 Å². The number of nitrogens with zero attached hydrogens (tertiary/aromatic N) is 2. The largest absolute Gasteiger partial charge is 0.480 e. The number of amides is 3. The van der Waals surface area contributed by atoms with E-state index in [4.69, 9.17) is 0 Å². The number of rotatable bonds is 6. The molecule has 0 unspecified atom stereocenters. The highest BCUT2D eigenvalue weighted by Gasteiger charge is 2.43. The van der Waals surface area contributed by atoms with Gasteiger partial charge < -0.3 is 20.2 Å². The number of hydrogen-bond acceptors (Lipinski definition) is 3. The van der Waals surface area contributed by atoms with E-state index < -0.39 is 17.5 Å². The lowest BCUT2D eigenvalue weighted by atomic mass is 9.98. The molecule has 0 spiro atoms. The maximum atomic E-state index is 12.3. The average Bonchev–Trinajstić information content (AvgIpc) is 2.87. The van der Waals surface area contributed by atoms with Gasteiger partial charge >= 0.3 is 12.0 Å². The molecule has 120 valence electrons. The van der Waals surface area contributed by atoms with Crippen LogP contribution >= 0.6 is 0 Å². The van der Waals surface area contributed by atoms with Crippen LogP contribution in [-0.2, 0) is 9.59 Å². The van der Waals surface area contributed by atoms with Crippen LogP contribution in [0.3, 0.4) is 0 Å². The third-order valence-electron chi connectivity index (χ3n) is 3.82. The van der Waals surface area contributed by atoms with Crippen molar-refractivity contribution in [2.45, 2.75) is 44.6 Å². The number of carbonyl (C=O) groups is 3. The lowest BCUT2D eigenvalue weighted by Gasteiger charge is -2.30. The van der Waals surface area contributed by atoms with Gasteiger partial charge in [0.15, 0.2) is 0 Å². The molecule has 0 atom stereocenters. The summed E-state index contributed by atoms with van der Waals surface area (Å²) in [5.41, 5.74) is -1.18. The fourth-order valence-corrected chi connectivity index (χ4v) is 2.48. The van der Waals surface area contributed by atoms with E-state index in [1.165, 1.54) is 9.80 Å². The highest BCUT2D eigenvalue weighted by atomic mass is 16.4. The Bertz CT molecular complexity index is 403. The predicted octanol–water partition coefficient (Wildman–Crippen LogP) is 0.894. The van der Waals surface area contributed by atoms with Crippen LogP contribution < -0.4 is 5.32 Å². The number of urea groups is 1. The van der Waals surface area contributed by atoms with Crippen LogP contribution in [0.15, 0.2) is 0 Å². The van der Waals surface area contributed by atoms with Gasteiger partial charge in [-0.25, -0.2) is 9.59 Å². The molecule has 7 nitrogen and oxygen atoms in total. The molecule has 2 N–H and O–H groups in total. The zero-order valence-corrected chi connectivity index (χ0v) is 13.0. The normalized spacial score (nSPS) is 16.3. The summed E-state index contributed by atoms with van der Waals surface area (Å²) in [6.45, 7) is 2.28. The molecule has 0 heterocycles. The number of carbonyl (C=O) groups excluding carboxylic acids is 2. The van der Waals surface area contributed by atoms with E-state index in [9.17, 15) is 19.5 Å². The summed E-state index contributed by atoms with van der Waals surface area (Å²) in [6.07, 6.45) is 3.16. The van der Waals surface area contributed by atoms with E-state index in [-0.39, 0.29) is 12.5 Å². The quantitative estimate of drug-likeness (QED) is 0.762. The fraction of sp³-hybridized carbons (Fsp3) is 0.786. The van der Waals surface area contributed by atoms with Crippen LogP contribution in [0.25, 0.3) is 0 Å². The molecule has 0 aromatic carbocycles. The summed E-state index contributed by atoms with van der Waals surface area (Å²) in [5.74, 6) is -1.18. The number of nitrogens with one attached hydrogen (secondary N) is 1. The molecular weight excluding hydrogens is 274 g/mol. The first-order chi connectivity index (χ1) is 9.82. The summed E-state index contributed by atoms with van der Waals surface area (Å²) in [4.78, 5) is 38.4. The zero-order valence-electron chi connectivity index (χ0n) is 13.0. The highest BCUT2D eigenvalue weighted by Crippen LogP contribution is 2.30. The standard InChI is InChI=1S/C14H25N3O4/c1-4-9-17(10-11(18)16(2)3)13(21)15-14(12(19)20)7-5-6-8-14/h4-10H2,1-3H3,(H,15,21)(H,19,20). The Morgan fingerprint density at radius 2 is 1.76 bits per heavy atom. The maximum Gasteiger partial charge on any atom is 0.329 e. The van der Waals surface area contributed by atoms with Gasteiger partial charge in [0.25, 0.3) is 0 Å². The molecule has 0 aliphatic heterocycles. The lowest BCUT2D eigenvalue weighted by Crippen LogP contribution is -2.57. The Balaban J connectivity index is 2.76. The van der Waals surface area contributed by atoms with Crippen molar-refractivity contribution in [1.82, 2.24) is 15.1 Å². The summed E-state index contributed by atoms with van der Waals surface area (Å²) >= 11 is 0. The zero-order chi connectivity index (χ0) is 16.0. The van der Waals surface area contributed by atoms with Gasteiger partial charge in [0, 0.05) is 20.6 Å². The van der Waals surface area contributed by atoms with Crippen molar-refractivity contribution in [1.29, 1.82) is 0 Å². The Morgan fingerprint density at radius 1 is 1.19 bits per heavy atom. The number of hydrogen-bond donors (Lipinski definition) is 2. The van der Waals surface area contributed by atoms with Gasteiger partial charge in [0.05, 0.1) is 0 Å². The van der Waals surface area contributed by atoms with Crippen LogP contribution in [0.2, 0.25) is 0 Å². The van der Waals surface area contributed by atoms with E-state index in [0.29, 0.717) is 25.8 Å². The number of carboxylic acid groups (broad SMARTS) is 1. The van der Waals surface area contributed by atoms with Crippen LogP contribution in [0, 0.1) is 0 Å². The SMILES string of the molecule is CCCN(CC(=O)N(C)C)C(=O)NC1(C(=O)O)CCCC1. The van der Waals surface area contributed by atoms with E-state index in [1.54, 1.807) is 14.1 Å². The smallest absolute Gasteiger partial charge is 0.329 e. The van der Waals surface area contributed by atoms with Crippen LogP contribution in [0.4, 0.5) is 4.79 Å². The molecule has 1 saturated carbocycles. The van der Waals surface area contributed by atoms with Gasteiger partial charge in [-0.05, 0) is 19.3 Å². The topological polar surface area (TPSA) is 90.0 Å². The molecule has 0 saturated heterocycles. The van der Waals surface area contributed by atoms with Crippen molar-refractivity contribution >= 4 is 17.9 Å². The summed E-state index contributed by atoms with van der Waals surface area (Å²) < 4.78 is 0. The van der Waals surface area contributed by atoms with E-state index in [0.717, 1.165) is 12.8 Å². The Kier molecular flexibility index (Phi) is 5.99. The van der Waals surface area contributed by atoms with Gasteiger partial charge in [-0.3, -0.25) is 4.79 Å². The first-order valence-electron chi connectivity index (χ1n) is 7.33. The molecule has 1 aliphatic carbocycles. The van der Waals surface area contributed by atoms with Crippen molar-refractivity contribution in [2.75, 3.05) is 27.2 Å². The summed E-state index contributed by atoms with van der Waals surface area (Å²) in [7, 11) is 3.25. The highest BCUT2D eigenvalue weighted by molar-refractivity contribution is 5.88. The van der Waals surface area contributed by atoms with Gasteiger partial charge in [-0.15, -0.1) is 0 Å². The third-order valence-corrected chi connectivity index (χ3v) is 3.82. The minimum atomic E-state index is -1.18. The van der Waals surface area contributed by atoms with Crippen LogP contribution in [0.5, 0.6) is 0 Å². The summed E-state index contributed by atoms with van der Waals surface area (Å²) in [5, 5.41) is 12.0. The molecule has 3 amide bonds. The van der Waals surface area contributed by atoms with Crippen molar-refractivity contribution in [3.63, 3.8) is 0 Å².